The van der Waals surface area contributed by atoms with Crippen molar-refractivity contribution in [3.8, 4) is 11.3 Å². The number of aromatic nitrogens is 1. The average Bonchev–Trinajstić information content (AvgIpc) is 3.07. The van der Waals surface area contributed by atoms with Crippen molar-refractivity contribution < 1.29 is 14.0 Å². The van der Waals surface area contributed by atoms with Crippen LogP contribution in [0.2, 0.25) is 0 Å². The molecule has 3 aromatic rings. The monoisotopic (exact) mass is 383 g/mol. The summed E-state index contributed by atoms with van der Waals surface area (Å²) in [4.78, 5) is 28.5. The molecule has 5 nitrogen and oxygen atoms in total. The van der Waals surface area contributed by atoms with Crippen LogP contribution in [0.3, 0.4) is 0 Å². The van der Waals surface area contributed by atoms with Gasteiger partial charge in [-0.25, -0.2) is 9.37 Å². The van der Waals surface area contributed by atoms with Crippen molar-refractivity contribution in [2.24, 2.45) is 0 Å². The fourth-order valence-electron chi connectivity index (χ4n) is 2.64. The maximum atomic E-state index is 13.3. The number of amides is 2. The summed E-state index contributed by atoms with van der Waals surface area (Å²) < 4.78 is 13.3. The van der Waals surface area contributed by atoms with E-state index in [0.29, 0.717) is 22.0 Å². The topological polar surface area (TPSA) is 71.1 Å². The van der Waals surface area contributed by atoms with Crippen LogP contribution in [-0.2, 0) is 4.79 Å². The van der Waals surface area contributed by atoms with Gasteiger partial charge in [-0.2, -0.15) is 0 Å². The molecule has 0 aliphatic rings. The molecule has 0 spiro atoms. The number of rotatable bonds is 5. The van der Waals surface area contributed by atoms with Gasteiger partial charge in [0.25, 0.3) is 5.91 Å². The molecule has 0 saturated carbocycles. The van der Waals surface area contributed by atoms with Gasteiger partial charge >= 0.3 is 0 Å². The summed E-state index contributed by atoms with van der Waals surface area (Å²) in [7, 11) is 0. The molecular weight excluding hydrogens is 365 g/mol. The summed E-state index contributed by atoms with van der Waals surface area (Å²) in [5.74, 6) is -1.04. The third-order valence-corrected chi connectivity index (χ3v) is 4.52. The molecule has 7 heteroatoms. The number of thiazole rings is 1. The molecule has 0 aliphatic carbocycles. The van der Waals surface area contributed by atoms with Crippen LogP contribution < -0.4 is 10.6 Å². The lowest BCUT2D eigenvalue weighted by Gasteiger charge is -2.07. The van der Waals surface area contributed by atoms with Crippen LogP contribution in [0, 0.1) is 19.7 Å². The molecule has 2 N–H and O–H groups in total. The Hall–Kier alpha value is -3.06. The second-order valence-corrected chi connectivity index (χ2v) is 7.01. The van der Waals surface area contributed by atoms with Gasteiger partial charge < -0.3 is 10.6 Å². The van der Waals surface area contributed by atoms with E-state index < -0.39 is 0 Å². The zero-order valence-corrected chi connectivity index (χ0v) is 15.7. The lowest BCUT2D eigenvalue weighted by atomic mass is 10.1. The quantitative estimate of drug-likeness (QED) is 0.701. The molecule has 0 fully saturated rings. The number of nitrogens with zero attached hydrogens (tertiary/aromatic N) is 1. The maximum Gasteiger partial charge on any atom is 0.251 e. The third-order valence-electron chi connectivity index (χ3n) is 3.76. The van der Waals surface area contributed by atoms with E-state index in [1.165, 1.54) is 23.5 Å². The van der Waals surface area contributed by atoms with E-state index in [1.807, 2.05) is 19.9 Å². The summed E-state index contributed by atoms with van der Waals surface area (Å²) in [6.07, 6.45) is 0. The van der Waals surface area contributed by atoms with Crippen LogP contribution in [0.5, 0.6) is 0 Å². The van der Waals surface area contributed by atoms with Crippen LogP contribution >= 0.6 is 11.3 Å². The number of hydrogen-bond acceptors (Lipinski definition) is 4. The Labute approximate surface area is 160 Å². The molecule has 0 aliphatic heterocycles. The van der Waals surface area contributed by atoms with E-state index in [4.69, 9.17) is 0 Å². The highest BCUT2D eigenvalue weighted by Crippen LogP contribution is 2.25. The molecular formula is C20H18FN3O2S. The standard InChI is InChI=1S/C20H18FN3O2S/c1-12-6-13(2)8-15(7-12)19(26)22-10-18(25)24-20-23-17(11-27-20)14-4-3-5-16(21)9-14/h3-9,11H,10H2,1-2H3,(H,22,26)(H,23,24,25). The number of anilines is 1. The highest BCUT2D eigenvalue weighted by molar-refractivity contribution is 7.14. The number of nitrogens with one attached hydrogen (secondary N) is 2. The Balaban J connectivity index is 1.57. The molecule has 1 aromatic heterocycles. The molecule has 0 saturated heterocycles. The zero-order valence-electron chi connectivity index (χ0n) is 14.9. The first-order valence-corrected chi connectivity index (χ1v) is 9.16. The number of halogens is 1. The van der Waals surface area contributed by atoms with Crippen LogP contribution in [0.25, 0.3) is 11.3 Å². The van der Waals surface area contributed by atoms with Crippen molar-refractivity contribution in [2.45, 2.75) is 13.8 Å². The highest BCUT2D eigenvalue weighted by atomic mass is 32.1. The SMILES string of the molecule is Cc1cc(C)cc(C(=O)NCC(=O)Nc2nc(-c3cccc(F)c3)cs2)c1. The first-order valence-electron chi connectivity index (χ1n) is 8.28. The summed E-state index contributed by atoms with van der Waals surface area (Å²) >= 11 is 1.23. The van der Waals surface area contributed by atoms with Gasteiger partial charge in [0.1, 0.15) is 5.82 Å². The maximum absolute atomic E-state index is 13.3. The van der Waals surface area contributed by atoms with Crippen LogP contribution in [0.4, 0.5) is 9.52 Å². The first kappa shape index (κ1) is 18.7. The van der Waals surface area contributed by atoms with E-state index in [0.717, 1.165) is 11.1 Å². The summed E-state index contributed by atoms with van der Waals surface area (Å²) in [6.45, 7) is 3.66. The smallest absolute Gasteiger partial charge is 0.251 e. The van der Waals surface area contributed by atoms with E-state index in [2.05, 4.69) is 15.6 Å². The first-order chi connectivity index (χ1) is 12.9. The third kappa shape index (κ3) is 4.98. The molecule has 3 rings (SSSR count). The van der Waals surface area contributed by atoms with Crippen molar-refractivity contribution in [3.63, 3.8) is 0 Å². The van der Waals surface area contributed by atoms with Gasteiger partial charge in [-0.05, 0) is 38.1 Å². The van der Waals surface area contributed by atoms with E-state index >= 15 is 0 Å². The summed E-state index contributed by atoms with van der Waals surface area (Å²) in [5.41, 5.74) is 3.70. The molecule has 138 valence electrons. The lowest BCUT2D eigenvalue weighted by molar-refractivity contribution is -0.115. The molecule has 0 unspecified atom stereocenters. The van der Waals surface area contributed by atoms with Crippen molar-refractivity contribution >= 4 is 28.3 Å². The Bertz CT molecular complexity index is 980. The Kier molecular flexibility index (Phi) is 5.61. The number of carbonyl (C=O) groups excluding carboxylic acids is 2. The van der Waals surface area contributed by atoms with E-state index in [1.54, 1.807) is 29.6 Å². The molecule has 0 bridgehead atoms. The molecule has 27 heavy (non-hydrogen) atoms. The minimum atomic E-state index is -0.382. The van der Waals surface area contributed by atoms with E-state index in [9.17, 15) is 14.0 Å². The average molecular weight is 383 g/mol. The zero-order chi connectivity index (χ0) is 19.4. The van der Waals surface area contributed by atoms with Gasteiger partial charge in [-0.1, -0.05) is 29.3 Å². The normalized spacial score (nSPS) is 10.5. The van der Waals surface area contributed by atoms with Crippen molar-refractivity contribution in [1.82, 2.24) is 10.3 Å². The second-order valence-electron chi connectivity index (χ2n) is 6.16. The second kappa shape index (κ2) is 8.09. The minimum Gasteiger partial charge on any atom is -0.343 e. The van der Waals surface area contributed by atoms with Crippen molar-refractivity contribution in [1.29, 1.82) is 0 Å². The highest BCUT2D eigenvalue weighted by Gasteiger charge is 2.11. The molecule has 1 heterocycles. The van der Waals surface area contributed by atoms with Crippen LogP contribution in [-0.4, -0.2) is 23.3 Å². The number of carbonyl (C=O) groups is 2. The van der Waals surface area contributed by atoms with Crippen LogP contribution in [0.1, 0.15) is 21.5 Å². The van der Waals surface area contributed by atoms with Gasteiger partial charge in [-0.15, -0.1) is 11.3 Å². The lowest BCUT2D eigenvalue weighted by Crippen LogP contribution is -2.32. The van der Waals surface area contributed by atoms with Gasteiger partial charge in [0.2, 0.25) is 5.91 Å². The van der Waals surface area contributed by atoms with Crippen molar-refractivity contribution in [2.75, 3.05) is 11.9 Å². The Morgan fingerprint density at radius 3 is 2.56 bits per heavy atom. The Morgan fingerprint density at radius 2 is 1.85 bits per heavy atom. The number of hydrogen-bond donors (Lipinski definition) is 2. The molecule has 2 amide bonds. The number of benzene rings is 2. The van der Waals surface area contributed by atoms with Gasteiger partial charge in [-0.3, -0.25) is 9.59 Å². The molecule has 0 atom stereocenters. The Morgan fingerprint density at radius 1 is 1.11 bits per heavy atom. The minimum absolute atomic E-state index is 0.166. The van der Waals surface area contributed by atoms with Gasteiger partial charge in [0, 0.05) is 16.5 Å². The predicted molar refractivity (Wildman–Crippen MR) is 104 cm³/mol. The predicted octanol–water partition coefficient (Wildman–Crippen LogP) is 3.93. The number of aryl methyl sites for hydroxylation is 2. The van der Waals surface area contributed by atoms with Crippen LogP contribution in [0.15, 0.2) is 47.8 Å². The fourth-order valence-corrected chi connectivity index (χ4v) is 3.38. The molecule has 2 aromatic carbocycles. The molecule has 0 radical (unpaired) electrons. The van der Waals surface area contributed by atoms with Crippen molar-refractivity contribution in [3.05, 3.63) is 70.4 Å². The summed E-state index contributed by atoms with van der Waals surface area (Å²) in [5, 5.41) is 7.36. The van der Waals surface area contributed by atoms with Gasteiger partial charge in [0.05, 0.1) is 12.2 Å². The summed E-state index contributed by atoms with van der Waals surface area (Å²) in [6, 6.07) is 11.6. The largest absolute Gasteiger partial charge is 0.343 e. The van der Waals surface area contributed by atoms with Gasteiger partial charge in [0.15, 0.2) is 5.13 Å². The fraction of sp³-hybridized carbons (Fsp3) is 0.150. The van der Waals surface area contributed by atoms with E-state index in [-0.39, 0.29) is 24.2 Å².